The third-order valence-corrected chi connectivity index (χ3v) is 5.48. The Morgan fingerprint density at radius 1 is 1.21 bits per heavy atom. The fraction of sp³-hybridized carbons (Fsp3) is 0.300. The van der Waals surface area contributed by atoms with Crippen molar-refractivity contribution in [2.45, 2.75) is 12.8 Å². The maximum Gasteiger partial charge on any atom is 0.260 e. The van der Waals surface area contributed by atoms with Crippen LogP contribution < -0.4 is 10.1 Å². The molecule has 1 aliphatic rings. The van der Waals surface area contributed by atoms with Crippen LogP contribution in [-0.2, 0) is 9.59 Å². The molecule has 8 heteroatoms. The molecule has 0 aromatic heterocycles. The summed E-state index contributed by atoms with van der Waals surface area (Å²) in [5.74, 6) is 0.120. The maximum absolute atomic E-state index is 12.4. The number of hydrogen-bond acceptors (Lipinski definition) is 4. The summed E-state index contributed by atoms with van der Waals surface area (Å²) in [7, 11) is 0. The van der Waals surface area contributed by atoms with E-state index in [1.165, 1.54) is 6.07 Å². The molecule has 148 valence electrons. The summed E-state index contributed by atoms with van der Waals surface area (Å²) < 4.78 is 6.26. The third kappa shape index (κ3) is 5.17. The Bertz CT molecular complexity index is 869. The first kappa shape index (κ1) is 20.5. The van der Waals surface area contributed by atoms with Crippen LogP contribution in [0.2, 0.25) is 5.02 Å². The highest BCUT2D eigenvalue weighted by molar-refractivity contribution is 9.10. The Labute approximate surface area is 176 Å². The summed E-state index contributed by atoms with van der Waals surface area (Å²) in [4.78, 5) is 26.5. The molecule has 2 N–H and O–H groups in total. The molecule has 6 nitrogen and oxygen atoms in total. The summed E-state index contributed by atoms with van der Waals surface area (Å²) in [6.07, 6.45) is 1.13. The number of nitrogens with one attached hydrogen (secondary N) is 1. The van der Waals surface area contributed by atoms with Crippen molar-refractivity contribution in [3.8, 4) is 11.5 Å². The third-order valence-electron chi connectivity index (χ3n) is 4.63. The van der Waals surface area contributed by atoms with Gasteiger partial charge in [0.05, 0.1) is 10.2 Å². The van der Waals surface area contributed by atoms with E-state index in [1.807, 2.05) is 0 Å². The van der Waals surface area contributed by atoms with Crippen molar-refractivity contribution in [2.24, 2.45) is 5.92 Å². The van der Waals surface area contributed by atoms with E-state index >= 15 is 0 Å². The molecule has 28 heavy (non-hydrogen) atoms. The van der Waals surface area contributed by atoms with Gasteiger partial charge in [-0.2, -0.15) is 0 Å². The average Bonchev–Trinajstić information content (AvgIpc) is 2.69. The Morgan fingerprint density at radius 3 is 2.61 bits per heavy atom. The minimum absolute atomic E-state index is 0.0361. The summed E-state index contributed by atoms with van der Waals surface area (Å²) in [5, 5.41) is 13.1. The van der Waals surface area contributed by atoms with Gasteiger partial charge in [-0.3, -0.25) is 9.59 Å². The summed E-state index contributed by atoms with van der Waals surface area (Å²) in [6, 6.07) is 11.7. The van der Waals surface area contributed by atoms with Crippen molar-refractivity contribution in [1.29, 1.82) is 0 Å². The molecule has 1 aliphatic heterocycles. The highest BCUT2D eigenvalue weighted by Gasteiger charge is 2.28. The van der Waals surface area contributed by atoms with Crippen LogP contribution in [0.4, 0.5) is 5.69 Å². The second-order valence-corrected chi connectivity index (χ2v) is 7.82. The Morgan fingerprint density at radius 2 is 1.93 bits per heavy atom. The van der Waals surface area contributed by atoms with Crippen molar-refractivity contribution in [3.63, 3.8) is 0 Å². The zero-order chi connectivity index (χ0) is 20.1. The van der Waals surface area contributed by atoms with Crippen LogP contribution in [0.3, 0.4) is 0 Å². The van der Waals surface area contributed by atoms with Crippen LogP contribution in [-0.4, -0.2) is 41.5 Å². The van der Waals surface area contributed by atoms with Crippen LogP contribution in [0.1, 0.15) is 12.8 Å². The predicted octanol–water partition coefficient (Wildman–Crippen LogP) is 4.06. The molecule has 1 fully saturated rings. The lowest BCUT2D eigenvalue weighted by Gasteiger charge is -2.31. The van der Waals surface area contributed by atoms with E-state index in [0.29, 0.717) is 46.9 Å². The largest absolute Gasteiger partial charge is 0.506 e. The van der Waals surface area contributed by atoms with Gasteiger partial charge in [0.1, 0.15) is 11.5 Å². The molecule has 2 amide bonds. The van der Waals surface area contributed by atoms with E-state index in [4.69, 9.17) is 16.3 Å². The number of nitrogens with zero attached hydrogens (tertiary/aromatic N) is 1. The molecule has 1 saturated heterocycles. The van der Waals surface area contributed by atoms with Gasteiger partial charge in [0.15, 0.2) is 6.61 Å². The lowest BCUT2D eigenvalue weighted by molar-refractivity contribution is -0.136. The number of rotatable bonds is 5. The van der Waals surface area contributed by atoms with Crippen molar-refractivity contribution >= 4 is 45.0 Å². The number of para-hydroxylation sites is 2. The molecule has 2 aromatic rings. The number of phenols is 1. The van der Waals surface area contributed by atoms with Crippen LogP contribution in [0, 0.1) is 5.92 Å². The van der Waals surface area contributed by atoms with E-state index in [2.05, 4.69) is 21.2 Å². The lowest BCUT2D eigenvalue weighted by atomic mass is 9.95. The smallest absolute Gasteiger partial charge is 0.260 e. The molecule has 0 radical (unpaired) electrons. The van der Waals surface area contributed by atoms with Crippen LogP contribution in [0.15, 0.2) is 46.9 Å². The Kier molecular flexibility index (Phi) is 6.80. The highest BCUT2D eigenvalue weighted by Crippen LogP contribution is 2.28. The number of carbonyl (C=O) groups excluding carboxylic acids is 2. The number of hydrogen-bond donors (Lipinski definition) is 2. The first-order chi connectivity index (χ1) is 13.4. The number of likely N-dealkylation sites (tertiary alicyclic amines) is 1. The molecule has 0 unspecified atom stereocenters. The van der Waals surface area contributed by atoms with Crippen molar-refractivity contribution in [1.82, 2.24) is 4.90 Å². The van der Waals surface area contributed by atoms with Gasteiger partial charge < -0.3 is 20.1 Å². The molecule has 0 aliphatic carbocycles. The monoisotopic (exact) mass is 466 g/mol. The molecule has 0 spiro atoms. The number of phenolic OH excluding ortho intramolecular Hbond substituents is 1. The number of carbonyl (C=O) groups is 2. The van der Waals surface area contributed by atoms with Crippen molar-refractivity contribution < 1.29 is 19.4 Å². The number of piperidine rings is 1. The topological polar surface area (TPSA) is 78.9 Å². The van der Waals surface area contributed by atoms with Gasteiger partial charge >= 0.3 is 0 Å². The molecular formula is C20H20BrClN2O4. The highest BCUT2D eigenvalue weighted by atomic mass is 79.9. The second-order valence-electron chi connectivity index (χ2n) is 6.52. The number of ether oxygens (including phenoxy) is 1. The number of halogens is 2. The molecule has 0 bridgehead atoms. The number of benzene rings is 2. The van der Waals surface area contributed by atoms with Crippen molar-refractivity contribution in [3.05, 3.63) is 52.0 Å². The quantitative estimate of drug-likeness (QED) is 0.650. The fourth-order valence-electron chi connectivity index (χ4n) is 3.03. The molecule has 2 aromatic carbocycles. The van der Waals surface area contributed by atoms with E-state index in [9.17, 15) is 14.7 Å². The normalized spacial score (nSPS) is 14.6. The lowest BCUT2D eigenvalue weighted by Crippen LogP contribution is -2.43. The van der Waals surface area contributed by atoms with Crippen LogP contribution in [0.5, 0.6) is 11.5 Å². The first-order valence-electron chi connectivity index (χ1n) is 8.88. The number of anilines is 1. The van der Waals surface area contributed by atoms with Gasteiger partial charge in [0, 0.05) is 24.0 Å². The van der Waals surface area contributed by atoms with Crippen LogP contribution >= 0.6 is 27.5 Å². The van der Waals surface area contributed by atoms with Gasteiger partial charge in [0.25, 0.3) is 5.91 Å². The van der Waals surface area contributed by atoms with E-state index in [1.54, 1.807) is 41.3 Å². The van der Waals surface area contributed by atoms with Gasteiger partial charge in [-0.1, -0.05) is 23.7 Å². The summed E-state index contributed by atoms with van der Waals surface area (Å²) >= 11 is 9.25. The zero-order valence-electron chi connectivity index (χ0n) is 15.0. The molecule has 0 saturated carbocycles. The second kappa shape index (κ2) is 9.30. The van der Waals surface area contributed by atoms with Gasteiger partial charge in [-0.15, -0.1) is 0 Å². The minimum Gasteiger partial charge on any atom is -0.506 e. The number of aromatic hydroxyl groups is 1. The fourth-order valence-corrected chi connectivity index (χ4v) is 3.83. The Hall–Kier alpha value is -2.25. The molecular weight excluding hydrogens is 448 g/mol. The van der Waals surface area contributed by atoms with Crippen molar-refractivity contribution in [2.75, 3.05) is 25.0 Å². The zero-order valence-corrected chi connectivity index (χ0v) is 17.4. The number of amides is 2. The van der Waals surface area contributed by atoms with Crippen LogP contribution in [0.25, 0.3) is 0 Å². The summed E-state index contributed by atoms with van der Waals surface area (Å²) in [6.45, 7) is 0.903. The minimum atomic E-state index is -0.199. The maximum atomic E-state index is 12.4. The van der Waals surface area contributed by atoms with Gasteiger partial charge in [-0.05, 0) is 59.1 Å². The molecule has 3 rings (SSSR count). The van der Waals surface area contributed by atoms with Gasteiger partial charge in [0.2, 0.25) is 5.91 Å². The standard InChI is InChI=1S/C20H20BrClN2O4/c21-15-11-14(22)5-6-18(15)28-12-19(26)24-9-7-13(8-10-24)20(27)23-16-3-1-2-4-17(16)25/h1-6,11,13,25H,7-10,12H2,(H,23,27). The van der Waals surface area contributed by atoms with E-state index < -0.39 is 0 Å². The first-order valence-corrected chi connectivity index (χ1v) is 10.1. The predicted molar refractivity (Wildman–Crippen MR) is 111 cm³/mol. The summed E-state index contributed by atoms with van der Waals surface area (Å²) in [5.41, 5.74) is 0.396. The van der Waals surface area contributed by atoms with E-state index in [-0.39, 0.29) is 30.1 Å². The Balaban J connectivity index is 1.47. The molecule has 0 atom stereocenters. The van der Waals surface area contributed by atoms with Gasteiger partial charge in [-0.25, -0.2) is 0 Å². The SMILES string of the molecule is O=C(Nc1ccccc1O)C1CCN(C(=O)COc2ccc(Cl)cc2Br)CC1. The average molecular weight is 468 g/mol. The molecule has 1 heterocycles. The van der Waals surface area contributed by atoms with E-state index in [0.717, 1.165) is 0 Å².